The topological polar surface area (TPSA) is 122 Å². The van der Waals surface area contributed by atoms with Crippen LogP contribution in [-0.2, 0) is 24.1 Å². The van der Waals surface area contributed by atoms with Crippen molar-refractivity contribution in [2.45, 2.75) is 44.8 Å². The van der Waals surface area contributed by atoms with Crippen LogP contribution in [-0.4, -0.2) is 70.5 Å². The van der Waals surface area contributed by atoms with Gasteiger partial charge in [0.1, 0.15) is 11.5 Å². The molecule has 3 atom stereocenters. The van der Waals surface area contributed by atoms with Crippen molar-refractivity contribution in [3.05, 3.63) is 53.5 Å². The number of aromatic nitrogens is 3. The lowest BCUT2D eigenvalue weighted by atomic mass is 9.91. The Kier molecular flexibility index (Phi) is 6.77. The first-order valence-electron chi connectivity index (χ1n) is 12.4. The Morgan fingerprint density at radius 1 is 1.22 bits per heavy atom. The molecule has 3 aromatic heterocycles. The maximum Gasteiger partial charge on any atom is 0.404 e. The van der Waals surface area contributed by atoms with Crippen LogP contribution >= 0.6 is 0 Å². The van der Waals surface area contributed by atoms with Crippen molar-refractivity contribution < 1.29 is 19.4 Å². The number of carbonyl (C=O) groups excluding carboxylic acids is 1. The van der Waals surface area contributed by atoms with Gasteiger partial charge in [0.25, 0.3) is 5.91 Å². The molecule has 1 aliphatic carbocycles. The van der Waals surface area contributed by atoms with Crippen LogP contribution in [0.4, 0.5) is 10.6 Å². The van der Waals surface area contributed by atoms with Crippen LogP contribution in [0.15, 0.2) is 36.7 Å². The lowest BCUT2D eigenvalue weighted by Gasteiger charge is -2.26. The molecule has 190 valence electrons. The van der Waals surface area contributed by atoms with Gasteiger partial charge in [-0.15, -0.1) is 0 Å². The number of aryl methyl sites for hydroxylation is 2. The van der Waals surface area contributed by atoms with E-state index >= 15 is 0 Å². The van der Waals surface area contributed by atoms with Gasteiger partial charge in [-0.25, -0.2) is 14.8 Å². The Balaban J connectivity index is 1.23. The van der Waals surface area contributed by atoms with E-state index in [1.165, 1.54) is 0 Å². The predicted octanol–water partition coefficient (Wildman–Crippen LogP) is 2.46. The Morgan fingerprint density at radius 2 is 2.08 bits per heavy atom. The summed E-state index contributed by atoms with van der Waals surface area (Å²) in [6.45, 7) is 4.64. The van der Waals surface area contributed by atoms with Gasteiger partial charge in [-0.3, -0.25) is 4.79 Å². The van der Waals surface area contributed by atoms with Gasteiger partial charge in [-0.2, -0.15) is 0 Å². The fraction of sp³-hybridized carbons (Fsp3) is 0.462. The number of anilines is 1. The van der Waals surface area contributed by atoms with E-state index in [0.29, 0.717) is 25.3 Å². The minimum atomic E-state index is -1.02. The summed E-state index contributed by atoms with van der Waals surface area (Å²) in [5.74, 6) is 0.813. The molecule has 1 fully saturated rings. The molecular formula is C26H32N6O4. The van der Waals surface area contributed by atoms with Gasteiger partial charge in [0, 0.05) is 62.2 Å². The number of hydrogen-bond acceptors (Lipinski definition) is 6. The van der Waals surface area contributed by atoms with E-state index < -0.39 is 6.09 Å². The number of methoxy groups -OCH3 is 1. The van der Waals surface area contributed by atoms with Gasteiger partial charge in [-0.05, 0) is 49.9 Å². The highest BCUT2D eigenvalue weighted by Gasteiger charge is 2.35. The third-order valence-electron chi connectivity index (χ3n) is 7.24. The maximum absolute atomic E-state index is 12.9. The maximum atomic E-state index is 12.9. The monoisotopic (exact) mass is 492 g/mol. The van der Waals surface area contributed by atoms with E-state index in [9.17, 15) is 14.7 Å². The number of carboxylic acid groups (broad SMARTS) is 1. The minimum absolute atomic E-state index is 0.0376. The van der Waals surface area contributed by atoms with Crippen LogP contribution in [0.25, 0.3) is 11.0 Å². The summed E-state index contributed by atoms with van der Waals surface area (Å²) in [5, 5.41) is 15.9. The molecule has 10 nitrogen and oxygen atoms in total. The van der Waals surface area contributed by atoms with Crippen molar-refractivity contribution in [3.8, 4) is 0 Å². The third-order valence-corrected chi connectivity index (χ3v) is 7.24. The summed E-state index contributed by atoms with van der Waals surface area (Å²) in [7, 11) is 1.63. The quantitative estimate of drug-likeness (QED) is 0.463. The lowest BCUT2D eigenvalue weighted by molar-refractivity contribution is 0.0933. The van der Waals surface area contributed by atoms with E-state index in [1.54, 1.807) is 13.3 Å². The highest BCUT2D eigenvalue weighted by Crippen LogP contribution is 2.27. The molecule has 5 rings (SSSR count). The molecule has 10 heteroatoms. The zero-order valence-electron chi connectivity index (χ0n) is 20.6. The summed E-state index contributed by atoms with van der Waals surface area (Å²) in [6, 6.07) is 7.80. The number of rotatable bonds is 7. The average Bonchev–Trinajstić information content (AvgIpc) is 3.47. The molecule has 36 heavy (non-hydrogen) atoms. The van der Waals surface area contributed by atoms with Gasteiger partial charge in [0.15, 0.2) is 0 Å². The molecule has 0 saturated carbocycles. The molecule has 0 spiro atoms. The van der Waals surface area contributed by atoms with Gasteiger partial charge in [-0.1, -0.05) is 6.07 Å². The summed E-state index contributed by atoms with van der Waals surface area (Å²) < 4.78 is 7.35. The number of hydrogen-bond donors (Lipinski definition) is 3. The summed E-state index contributed by atoms with van der Waals surface area (Å²) >= 11 is 0. The van der Waals surface area contributed by atoms with Crippen LogP contribution < -0.4 is 15.5 Å². The molecule has 2 amide bonds. The standard InChI is InChI=1S/C26H32N6O4/c1-3-31-9-8-17-10-18(12-27-24(17)31)25(33)28-20-5-6-21-16(11-20)4-7-23(29-21)32-13-19(15-36-2)22(14-32)30-26(34)35/h4,7-10,12,19-20,22,30H,3,5-6,11,13-15H2,1-2H3,(H,28,33)(H,34,35)/t19-,20+,22-/m1/s1. The lowest BCUT2D eigenvalue weighted by Crippen LogP contribution is -2.41. The van der Waals surface area contributed by atoms with Crippen molar-refractivity contribution in [1.29, 1.82) is 0 Å². The summed E-state index contributed by atoms with van der Waals surface area (Å²) in [5.41, 5.74) is 3.63. The molecular weight excluding hydrogens is 460 g/mol. The smallest absolute Gasteiger partial charge is 0.404 e. The molecule has 4 heterocycles. The van der Waals surface area contributed by atoms with Gasteiger partial charge >= 0.3 is 6.09 Å². The second-order valence-corrected chi connectivity index (χ2v) is 9.60. The molecule has 0 bridgehead atoms. The molecule has 3 aromatic rings. The fourth-order valence-corrected chi connectivity index (χ4v) is 5.39. The van der Waals surface area contributed by atoms with Crippen LogP contribution in [0.5, 0.6) is 0 Å². The number of fused-ring (bicyclic) bond motifs is 2. The highest BCUT2D eigenvalue weighted by molar-refractivity contribution is 5.97. The van der Waals surface area contributed by atoms with E-state index in [4.69, 9.17) is 9.72 Å². The largest absolute Gasteiger partial charge is 0.465 e. The predicted molar refractivity (Wildman–Crippen MR) is 135 cm³/mol. The van der Waals surface area contributed by atoms with Crippen LogP contribution in [0.3, 0.4) is 0 Å². The first kappa shape index (κ1) is 24.1. The van der Waals surface area contributed by atoms with E-state index in [-0.39, 0.29) is 23.9 Å². The van der Waals surface area contributed by atoms with Crippen molar-refractivity contribution in [3.63, 3.8) is 0 Å². The van der Waals surface area contributed by atoms with Crippen LogP contribution in [0.1, 0.15) is 35.0 Å². The second kappa shape index (κ2) is 10.1. The van der Waals surface area contributed by atoms with Crippen molar-refractivity contribution in [2.75, 3.05) is 31.7 Å². The van der Waals surface area contributed by atoms with Gasteiger partial charge in [0.2, 0.25) is 0 Å². The fourth-order valence-electron chi connectivity index (χ4n) is 5.39. The van der Waals surface area contributed by atoms with Crippen LogP contribution in [0, 0.1) is 5.92 Å². The summed E-state index contributed by atoms with van der Waals surface area (Å²) in [4.78, 5) is 35.6. The first-order valence-corrected chi connectivity index (χ1v) is 12.4. The molecule has 0 radical (unpaired) electrons. The number of amides is 2. The molecule has 2 aliphatic rings. The number of pyridine rings is 2. The minimum Gasteiger partial charge on any atom is -0.465 e. The number of nitrogens with zero attached hydrogens (tertiary/aromatic N) is 4. The van der Waals surface area contributed by atoms with Crippen molar-refractivity contribution in [1.82, 2.24) is 25.2 Å². The van der Waals surface area contributed by atoms with E-state index in [2.05, 4.69) is 38.1 Å². The van der Waals surface area contributed by atoms with Crippen molar-refractivity contribution in [2.24, 2.45) is 5.92 Å². The number of ether oxygens (including phenoxy) is 1. The SMILES string of the molecule is CCn1ccc2cc(C(=O)N[C@H]3CCc4nc(N5C[C@H](COC)[C@H](NC(=O)O)C5)ccc4C3)cnc21. The normalized spacial score (nSPS) is 21.4. The first-order chi connectivity index (χ1) is 17.4. The molecule has 1 aliphatic heterocycles. The number of nitrogens with one attached hydrogen (secondary N) is 2. The summed E-state index contributed by atoms with van der Waals surface area (Å²) in [6.07, 6.45) is 4.93. The Labute approximate surface area is 209 Å². The molecule has 1 saturated heterocycles. The Hall–Kier alpha value is -3.66. The van der Waals surface area contributed by atoms with E-state index in [0.717, 1.165) is 53.9 Å². The third kappa shape index (κ3) is 4.86. The molecule has 0 aromatic carbocycles. The van der Waals surface area contributed by atoms with E-state index in [1.807, 2.05) is 24.4 Å². The zero-order valence-corrected chi connectivity index (χ0v) is 20.6. The zero-order chi connectivity index (χ0) is 25.2. The highest BCUT2D eigenvalue weighted by atomic mass is 16.5. The molecule has 0 unspecified atom stereocenters. The van der Waals surface area contributed by atoms with Crippen molar-refractivity contribution >= 4 is 28.9 Å². The van der Waals surface area contributed by atoms with Gasteiger partial charge < -0.3 is 29.9 Å². The van der Waals surface area contributed by atoms with Crippen LogP contribution in [0.2, 0.25) is 0 Å². The van der Waals surface area contributed by atoms with Gasteiger partial charge in [0.05, 0.1) is 18.2 Å². The Bertz CT molecular complexity index is 1270. The second-order valence-electron chi connectivity index (χ2n) is 9.60. The average molecular weight is 493 g/mol. The Morgan fingerprint density at radius 3 is 2.86 bits per heavy atom. The molecule has 3 N–H and O–H groups in total. The number of carbonyl (C=O) groups is 2.